The summed E-state index contributed by atoms with van der Waals surface area (Å²) in [7, 11) is -2.55. The lowest BCUT2D eigenvalue weighted by Gasteiger charge is -2.26. The van der Waals surface area contributed by atoms with Crippen LogP contribution in [0.4, 0.5) is 5.69 Å². The predicted octanol–water partition coefficient (Wildman–Crippen LogP) is 3.22. The van der Waals surface area contributed by atoms with Gasteiger partial charge in [0.25, 0.3) is 15.9 Å². The van der Waals surface area contributed by atoms with Crippen molar-refractivity contribution < 1.29 is 23.2 Å². The molecule has 9 heteroatoms. The molecular weight excluding hydrogens is 406 g/mol. The number of rotatable bonds is 7. The molecule has 30 heavy (non-hydrogen) atoms. The summed E-state index contributed by atoms with van der Waals surface area (Å²) < 4.78 is 33.2. The first kappa shape index (κ1) is 21.3. The number of hydrogen-bond acceptors (Lipinski definition) is 6. The first-order valence-corrected chi connectivity index (χ1v) is 10.5. The number of carbonyl (C=O) groups excluding carboxylic acids is 1. The molecule has 0 atom stereocenters. The topological polar surface area (TPSA) is 109 Å². The minimum absolute atomic E-state index is 0.0327. The number of nitrogens with one attached hydrogen (secondary N) is 1. The van der Waals surface area contributed by atoms with Crippen molar-refractivity contribution in [3.8, 4) is 5.75 Å². The number of fused-ring (bicyclic) bond motifs is 1. The van der Waals surface area contributed by atoms with Gasteiger partial charge in [0.1, 0.15) is 5.75 Å². The first-order chi connectivity index (χ1) is 14.4. The maximum Gasteiger partial charge on any atom is 0.278 e. The van der Waals surface area contributed by atoms with Gasteiger partial charge in [-0.2, -0.15) is 0 Å². The molecule has 0 spiro atoms. The second-order valence-corrected chi connectivity index (χ2v) is 8.12. The molecule has 0 fully saturated rings. The second-order valence-electron chi connectivity index (χ2n) is 6.25. The average molecular weight is 427 g/mol. The van der Waals surface area contributed by atoms with Gasteiger partial charge in [0.15, 0.2) is 0 Å². The van der Waals surface area contributed by atoms with Gasteiger partial charge < -0.3 is 4.74 Å². The van der Waals surface area contributed by atoms with Crippen LogP contribution in [0.3, 0.4) is 0 Å². The number of nitrogens with zero attached hydrogens (tertiary/aromatic N) is 2. The summed E-state index contributed by atoms with van der Waals surface area (Å²) in [5.74, 6) is -0.353. The predicted molar refractivity (Wildman–Crippen MR) is 114 cm³/mol. The SMILES string of the molecule is C=Cc1cccc2c(N(CC)S(=O)(=O)c3ccc(OC)cc3)c(C(=O)NO)cnc12. The van der Waals surface area contributed by atoms with Gasteiger partial charge in [-0.1, -0.05) is 30.9 Å². The van der Waals surface area contributed by atoms with E-state index in [9.17, 15) is 18.4 Å². The number of hydroxylamine groups is 1. The zero-order chi connectivity index (χ0) is 21.9. The normalized spacial score (nSPS) is 11.2. The maximum absolute atomic E-state index is 13.5. The minimum atomic E-state index is -4.04. The van der Waals surface area contributed by atoms with Gasteiger partial charge in [-0.05, 0) is 31.2 Å². The number of ether oxygens (including phenoxy) is 1. The second kappa shape index (κ2) is 8.52. The van der Waals surface area contributed by atoms with Crippen LogP contribution >= 0.6 is 0 Å². The Bertz CT molecular complexity index is 1210. The molecule has 3 aromatic rings. The summed E-state index contributed by atoms with van der Waals surface area (Å²) >= 11 is 0. The minimum Gasteiger partial charge on any atom is -0.497 e. The van der Waals surface area contributed by atoms with E-state index in [4.69, 9.17) is 4.74 Å². The van der Waals surface area contributed by atoms with E-state index in [-0.39, 0.29) is 22.7 Å². The lowest BCUT2D eigenvalue weighted by Crippen LogP contribution is -2.33. The maximum atomic E-state index is 13.5. The number of amides is 1. The lowest BCUT2D eigenvalue weighted by molar-refractivity contribution is 0.0707. The molecule has 0 unspecified atom stereocenters. The van der Waals surface area contributed by atoms with E-state index in [2.05, 4.69) is 11.6 Å². The summed E-state index contributed by atoms with van der Waals surface area (Å²) in [6.45, 7) is 5.46. The van der Waals surface area contributed by atoms with E-state index in [1.807, 2.05) is 0 Å². The number of carbonyl (C=O) groups is 1. The Morgan fingerprint density at radius 2 is 1.97 bits per heavy atom. The summed E-state index contributed by atoms with van der Waals surface area (Å²) in [6, 6.07) is 11.1. The molecule has 0 aliphatic rings. The molecule has 1 amide bonds. The number of para-hydroxylation sites is 1. The van der Waals surface area contributed by atoms with Crippen molar-refractivity contribution in [3.05, 3.63) is 66.4 Å². The number of methoxy groups -OCH3 is 1. The smallest absolute Gasteiger partial charge is 0.278 e. The number of pyridine rings is 1. The van der Waals surface area contributed by atoms with E-state index in [1.165, 1.54) is 25.4 Å². The quantitative estimate of drug-likeness (QED) is 0.443. The van der Waals surface area contributed by atoms with Crippen LogP contribution in [0.15, 0.2) is 60.1 Å². The van der Waals surface area contributed by atoms with E-state index >= 15 is 0 Å². The van der Waals surface area contributed by atoms with Crippen LogP contribution in [-0.4, -0.2) is 38.2 Å². The van der Waals surface area contributed by atoms with Crippen molar-refractivity contribution in [1.82, 2.24) is 10.5 Å². The molecule has 8 nitrogen and oxygen atoms in total. The van der Waals surface area contributed by atoms with Gasteiger partial charge in [0, 0.05) is 23.7 Å². The van der Waals surface area contributed by atoms with Crippen LogP contribution in [0.5, 0.6) is 5.75 Å². The largest absolute Gasteiger partial charge is 0.497 e. The third-order valence-electron chi connectivity index (χ3n) is 4.65. The van der Waals surface area contributed by atoms with Crippen LogP contribution in [0.25, 0.3) is 17.0 Å². The molecule has 0 aliphatic carbocycles. The zero-order valence-corrected chi connectivity index (χ0v) is 17.3. The standard InChI is InChI=1S/C21H21N3O5S/c1-4-14-7-6-8-17-19(14)22-13-18(21(25)23-26)20(17)24(5-2)30(27,28)16-11-9-15(29-3)10-12-16/h4,6-13,26H,1,5H2,2-3H3,(H,23,25). The summed E-state index contributed by atoms with van der Waals surface area (Å²) in [6.07, 6.45) is 2.83. The fraction of sp³-hybridized carbons (Fsp3) is 0.143. The monoisotopic (exact) mass is 427 g/mol. The molecule has 0 radical (unpaired) electrons. The van der Waals surface area contributed by atoms with Crippen LogP contribution in [0.2, 0.25) is 0 Å². The number of benzene rings is 2. The molecule has 0 bridgehead atoms. The summed E-state index contributed by atoms with van der Waals surface area (Å²) in [5, 5.41) is 9.63. The van der Waals surface area contributed by atoms with Crippen molar-refractivity contribution in [3.63, 3.8) is 0 Å². The molecule has 1 heterocycles. The molecule has 3 rings (SSSR count). The number of sulfonamides is 1. The number of aromatic nitrogens is 1. The van der Waals surface area contributed by atoms with E-state index in [0.29, 0.717) is 22.2 Å². The molecule has 2 aromatic carbocycles. The Morgan fingerprint density at radius 1 is 1.27 bits per heavy atom. The Balaban J connectivity index is 2.32. The summed E-state index contributed by atoms with van der Waals surface area (Å²) in [4.78, 5) is 16.7. The number of hydrogen-bond donors (Lipinski definition) is 2. The highest BCUT2D eigenvalue weighted by Gasteiger charge is 2.29. The molecule has 0 aliphatic heterocycles. The Kier molecular flexibility index (Phi) is 6.04. The molecular formula is C21H21N3O5S. The van der Waals surface area contributed by atoms with Crippen molar-refractivity contribution in [2.45, 2.75) is 11.8 Å². The van der Waals surface area contributed by atoms with Gasteiger partial charge in [-0.3, -0.25) is 19.3 Å². The third-order valence-corrected chi connectivity index (χ3v) is 6.54. The van der Waals surface area contributed by atoms with Gasteiger partial charge in [-0.15, -0.1) is 0 Å². The molecule has 0 saturated heterocycles. The van der Waals surface area contributed by atoms with Crippen molar-refractivity contribution in [1.29, 1.82) is 0 Å². The van der Waals surface area contributed by atoms with Crippen LogP contribution in [-0.2, 0) is 10.0 Å². The van der Waals surface area contributed by atoms with Gasteiger partial charge in [0.05, 0.1) is 28.8 Å². The molecule has 2 N–H and O–H groups in total. The van der Waals surface area contributed by atoms with Crippen LogP contribution < -0.4 is 14.5 Å². The van der Waals surface area contributed by atoms with Gasteiger partial charge >= 0.3 is 0 Å². The van der Waals surface area contributed by atoms with Gasteiger partial charge in [0.2, 0.25) is 0 Å². The fourth-order valence-corrected chi connectivity index (χ4v) is 4.73. The van der Waals surface area contributed by atoms with Crippen LogP contribution in [0, 0.1) is 0 Å². The average Bonchev–Trinajstić information content (AvgIpc) is 2.78. The Hall–Kier alpha value is -3.43. The van der Waals surface area contributed by atoms with Crippen molar-refractivity contribution in [2.24, 2.45) is 0 Å². The highest BCUT2D eigenvalue weighted by atomic mass is 32.2. The van der Waals surface area contributed by atoms with E-state index in [1.54, 1.807) is 48.8 Å². The van der Waals surface area contributed by atoms with Gasteiger partial charge in [-0.25, -0.2) is 13.9 Å². The molecule has 156 valence electrons. The summed E-state index contributed by atoms with van der Waals surface area (Å²) in [5.41, 5.74) is 2.77. The van der Waals surface area contributed by atoms with E-state index < -0.39 is 15.9 Å². The number of anilines is 1. The van der Waals surface area contributed by atoms with Crippen molar-refractivity contribution >= 4 is 38.6 Å². The lowest BCUT2D eigenvalue weighted by atomic mass is 10.0. The molecule has 0 saturated carbocycles. The van der Waals surface area contributed by atoms with E-state index in [0.717, 1.165) is 4.31 Å². The zero-order valence-electron chi connectivity index (χ0n) is 16.5. The first-order valence-electron chi connectivity index (χ1n) is 9.04. The van der Waals surface area contributed by atoms with Crippen LogP contribution in [0.1, 0.15) is 22.8 Å². The third kappa shape index (κ3) is 3.60. The molecule has 1 aromatic heterocycles. The highest BCUT2D eigenvalue weighted by molar-refractivity contribution is 7.92. The highest BCUT2D eigenvalue weighted by Crippen LogP contribution is 2.35. The van der Waals surface area contributed by atoms with Crippen molar-refractivity contribution in [2.75, 3.05) is 18.0 Å². The Labute approximate surface area is 174 Å². The fourth-order valence-electron chi connectivity index (χ4n) is 3.21. The Morgan fingerprint density at radius 3 is 2.53 bits per heavy atom.